The topological polar surface area (TPSA) is 74.3 Å². The van der Waals surface area contributed by atoms with Gasteiger partial charge in [0.15, 0.2) is 0 Å². The SMILES string of the molecule is CC(CN1CCC2(CC1)C(=O)NCC2c1ccc(F)cc1)NC(=O)c1cnc2cc(C3C4C5CCC534)ccc2c1. The van der Waals surface area contributed by atoms with Gasteiger partial charge in [-0.3, -0.25) is 14.6 Å². The van der Waals surface area contributed by atoms with E-state index >= 15 is 0 Å². The molecule has 0 radical (unpaired) electrons. The minimum atomic E-state index is -0.448. The summed E-state index contributed by atoms with van der Waals surface area (Å²) in [4.78, 5) is 33.0. The molecule has 2 spiro atoms. The smallest absolute Gasteiger partial charge is 0.253 e. The van der Waals surface area contributed by atoms with Crippen LogP contribution >= 0.6 is 0 Å². The van der Waals surface area contributed by atoms with Gasteiger partial charge >= 0.3 is 0 Å². The minimum absolute atomic E-state index is 0.0406. The summed E-state index contributed by atoms with van der Waals surface area (Å²) in [5.74, 6) is 2.51. The van der Waals surface area contributed by atoms with Crippen LogP contribution in [0.3, 0.4) is 0 Å². The van der Waals surface area contributed by atoms with Crippen LogP contribution in [-0.2, 0) is 4.79 Å². The number of nitrogens with one attached hydrogen (secondary N) is 2. The molecule has 3 aliphatic carbocycles. The second-order valence-electron chi connectivity index (χ2n) is 13.1. The van der Waals surface area contributed by atoms with E-state index in [-0.39, 0.29) is 29.6 Å². The molecule has 5 fully saturated rings. The summed E-state index contributed by atoms with van der Waals surface area (Å²) in [6, 6.07) is 15.1. The number of nitrogens with zero attached hydrogens (tertiary/aromatic N) is 2. The minimum Gasteiger partial charge on any atom is -0.355 e. The highest BCUT2D eigenvalue weighted by Crippen LogP contribution is 2.96. The molecule has 5 aliphatic rings. The molecule has 3 heterocycles. The number of piperidine rings is 1. The van der Waals surface area contributed by atoms with Crippen LogP contribution in [0.1, 0.15) is 65.9 Å². The Morgan fingerprint density at radius 1 is 1.12 bits per heavy atom. The van der Waals surface area contributed by atoms with Crippen LogP contribution in [0.25, 0.3) is 10.9 Å². The van der Waals surface area contributed by atoms with Crippen molar-refractivity contribution in [3.63, 3.8) is 0 Å². The molecule has 3 aromatic rings. The van der Waals surface area contributed by atoms with E-state index in [9.17, 15) is 14.0 Å². The standard InChI is InChI=1S/C33H35FN4O2/c1-19(18-38-12-10-32(11-13-38)26(17-36-31(32)40)20-4-6-24(34)7-5-20)37-30(39)23-14-21-2-3-22(15-27(21)35-16-23)28-29-25-8-9-33(25,28)29/h2-7,14-16,19,25-26,28-29H,8-13,17-18H2,1H3,(H,36,40)(H,37,39). The molecule has 2 aromatic carbocycles. The van der Waals surface area contributed by atoms with Gasteiger partial charge in [0.05, 0.1) is 16.5 Å². The molecule has 0 bridgehead atoms. The zero-order chi connectivity index (χ0) is 27.2. The second kappa shape index (κ2) is 8.59. The summed E-state index contributed by atoms with van der Waals surface area (Å²) in [6.45, 7) is 4.92. The van der Waals surface area contributed by atoms with E-state index in [0.717, 1.165) is 66.7 Å². The van der Waals surface area contributed by atoms with E-state index in [1.165, 1.54) is 30.5 Å². The van der Waals surface area contributed by atoms with Gasteiger partial charge < -0.3 is 15.5 Å². The maximum Gasteiger partial charge on any atom is 0.253 e. The highest BCUT2D eigenvalue weighted by Gasteiger charge is 2.89. The molecule has 2 saturated heterocycles. The Bertz CT molecular complexity index is 1530. The number of fused-ring (bicyclic) bond motifs is 2. The predicted octanol–water partition coefficient (Wildman–Crippen LogP) is 4.61. The summed E-state index contributed by atoms with van der Waals surface area (Å²) >= 11 is 0. The van der Waals surface area contributed by atoms with Crippen LogP contribution in [0.5, 0.6) is 0 Å². The lowest BCUT2D eigenvalue weighted by molar-refractivity contribution is -0.130. The monoisotopic (exact) mass is 538 g/mol. The molecule has 7 heteroatoms. The van der Waals surface area contributed by atoms with Crippen molar-refractivity contribution in [1.82, 2.24) is 20.5 Å². The van der Waals surface area contributed by atoms with Gasteiger partial charge in [0.1, 0.15) is 5.82 Å². The molecule has 6 atom stereocenters. The highest BCUT2D eigenvalue weighted by atomic mass is 19.1. The molecule has 3 saturated carbocycles. The van der Waals surface area contributed by atoms with Gasteiger partial charge in [-0.15, -0.1) is 0 Å². The zero-order valence-corrected chi connectivity index (χ0v) is 22.8. The second-order valence-corrected chi connectivity index (χ2v) is 13.1. The molecule has 40 heavy (non-hydrogen) atoms. The number of hydrogen-bond acceptors (Lipinski definition) is 4. The van der Waals surface area contributed by atoms with Crippen molar-refractivity contribution in [2.45, 2.75) is 50.5 Å². The van der Waals surface area contributed by atoms with Crippen molar-refractivity contribution in [2.75, 3.05) is 26.2 Å². The number of rotatable bonds is 6. The Kier molecular flexibility index (Phi) is 5.26. The molecular formula is C33H35FN4O2. The summed E-state index contributed by atoms with van der Waals surface area (Å²) < 4.78 is 13.5. The van der Waals surface area contributed by atoms with Crippen molar-refractivity contribution in [1.29, 1.82) is 0 Å². The molecule has 2 amide bonds. The molecule has 6 unspecified atom stereocenters. The zero-order valence-electron chi connectivity index (χ0n) is 22.8. The van der Waals surface area contributed by atoms with Gasteiger partial charge in [0.2, 0.25) is 5.91 Å². The van der Waals surface area contributed by atoms with Crippen LogP contribution in [0.15, 0.2) is 54.7 Å². The van der Waals surface area contributed by atoms with E-state index in [1.54, 1.807) is 6.20 Å². The van der Waals surface area contributed by atoms with E-state index in [1.807, 2.05) is 25.1 Å². The van der Waals surface area contributed by atoms with Crippen LogP contribution < -0.4 is 10.6 Å². The Hall–Kier alpha value is -3.32. The Morgan fingerprint density at radius 2 is 1.90 bits per heavy atom. The van der Waals surface area contributed by atoms with Crippen molar-refractivity contribution < 1.29 is 14.0 Å². The third-order valence-corrected chi connectivity index (χ3v) is 11.2. The first-order valence-corrected chi connectivity index (χ1v) is 14.9. The van der Waals surface area contributed by atoms with Crippen molar-refractivity contribution in [3.05, 3.63) is 77.2 Å². The van der Waals surface area contributed by atoms with Crippen molar-refractivity contribution in [2.24, 2.45) is 22.7 Å². The molecule has 6 nitrogen and oxygen atoms in total. The lowest BCUT2D eigenvalue weighted by Gasteiger charge is -2.41. The fourth-order valence-corrected chi connectivity index (χ4v) is 8.83. The average molecular weight is 539 g/mol. The van der Waals surface area contributed by atoms with E-state index in [2.05, 4.69) is 38.7 Å². The first kappa shape index (κ1) is 24.5. The summed E-state index contributed by atoms with van der Waals surface area (Å²) in [5, 5.41) is 7.22. The molecular weight excluding hydrogens is 503 g/mol. The van der Waals surface area contributed by atoms with E-state index < -0.39 is 5.41 Å². The Labute approximate surface area is 233 Å². The normalized spacial score (nSPS) is 32.1. The predicted molar refractivity (Wildman–Crippen MR) is 150 cm³/mol. The largest absolute Gasteiger partial charge is 0.355 e. The number of pyridine rings is 1. The third-order valence-electron chi connectivity index (χ3n) is 11.2. The molecule has 2 N–H and O–H groups in total. The van der Waals surface area contributed by atoms with Crippen LogP contribution in [0.2, 0.25) is 0 Å². The van der Waals surface area contributed by atoms with Gasteiger partial charge in [-0.25, -0.2) is 4.39 Å². The molecule has 2 aliphatic heterocycles. The summed E-state index contributed by atoms with van der Waals surface area (Å²) in [5.41, 5.74) is 4.22. The quantitative estimate of drug-likeness (QED) is 0.481. The first-order chi connectivity index (χ1) is 19.4. The third kappa shape index (κ3) is 3.52. The number of benzene rings is 2. The molecule has 1 aromatic heterocycles. The van der Waals surface area contributed by atoms with Gasteiger partial charge in [-0.2, -0.15) is 0 Å². The van der Waals surface area contributed by atoms with Gasteiger partial charge in [0.25, 0.3) is 5.91 Å². The summed E-state index contributed by atoms with van der Waals surface area (Å²) in [7, 11) is 0. The number of hydrogen-bond donors (Lipinski definition) is 2. The van der Waals surface area contributed by atoms with Crippen molar-refractivity contribution in [3.8, 4) is 0 Å². The lowest BCUT2D eigenvalue weighted by atomic mass is 9.68. The van der Waals surface area contributed by atoms with Gasteiger partial charge in [-0.05, 0) is 104 Å². The fraction of sp³-hybridized carbons (Fsp3) is 0.485. The number of aromatic nitrogens is 1. The summed E-state index contributed by atoms with van der Waals surface area (Å²) in [6.07, 6.45) is 6.03. The number of carbonyl (C=O) groups is 2. The first-order valence-electron chi connectivity index (χ1n) is 14.9. The molecule has 206 valence electrons. The maximum absolute atomic E-state index is 13.5. The average Bonchev–Trinajstić information content (AvgIpc) is 3.72. The van der Waals surface area contributed by atoms with E-state index in [4.69, 9.17) is 0 Å². The Balaban J connectivity index is 0.880. The highest BCUT2D eigenvalue weighted by molar-refractivity contribution is 5.97. The van der Waals surface area contributed by atoms with Crippen molar-refractivity contribution >= 4 is 22.7 Å². The number of likely N-dealkylation sites (tertiary alicyclic amines) is 1. The van der Waals surface area contributed by atoms with Gasteiger partial charge in [-0.1, -0.05) is 24.3 Å². The van der Waals surface area contributed by atoms with E-state index in [0.29, 0.717) is 17.5 Å². The van der Waals surface area contributed by atoms with Crippen LogP contribution in [0.4, 0.5) is 4.39 Å². The number of carbonyl (C=O) groups excluding carboxylic acids is 2. The number of halogens is 1. The van der Waals surface area contributed by atoms with Crippen LogP contribution in [0, 0.1) is 28.5 Å². The fourth-order valence-electron chi connectivity index (χ4n) is 8.83. The molecule has 8 rings (SSSR count). The van der Waals surface area contributed by atoms with Crippen LogP contribution in [-0.4, -0.2) is 53.9 Å². The number of amides is 2. The Morgan fingerprint density at radius 3 is 2.60 bits per heavy atom. The maximum atomic E-state index is 13.5. The lowest BCUT2D eigenvalue weighted by Crippen LogP contribution is -2.49. The van der Waals surface area contributed by atoms with Gasteiger partial charge in [0, 0.05) is 36.6 Å².